The normalized spacial score (nSPS) is 12.1. The lowest BCUT2D eigenvalue weighted by Gasteiger charge is -2.33. The summed E-state index contributed by atoms with van der Waals surface area (Å²) in [6.45, 7) is -0.885. The Hall–Kier alpha value is -3.21. The van der Waals surface area contributed by atoms with Crippen LogP contribution in [-0.2, 0) is 32.6 Å². The van der Waals surface area contributed by atoms with Gasteiger partial charge in [-0.2, -0.15) is 0 Å². The van der Waals surface area contributed by atoms with Crippen LogP contribution in [0.2, 0.25) is 10.0 Å². The monoisotopic (exact) mass is 583 g/mol. The molecule has 0 saturated heterocycles. The van der Waals surface area contributed by atoms with Gasteiger partial charge in [-0.3, -0.25) is 13.9 Å². The second-order valence-corrected chi connectivity index (χ2v) is 11.2. The molecule has 38 heavy (non-hydrogen) atoms. The first-order valence-corrected chi connectivity index (χ1v) is 13.9. The smallest absolute Gasteiger partial charge is 0.244 e. The van der Waals surface area contributed by atoms with Crippen LogP contribution in [-0.4, -0.2) is 51.0 Å². The summed E-state index contributed by atoms with van der Waals surface area (Å²) in [6.07, 6.45) is 0.961. The maximum absolute atomic E-state index is 13.9. The molecule has 1 N–H and O–H groups in total. The largest absolute Gasteiger partial charge is 0.357 e. The molecule has 0 aliphatic heterocycles. The van der Waals surface area contributed by atoms with Crippen LogP contribution in [0.25, 0.3) is 0 Å². The third-order valence-electron chi connectivity index (χ3n) is 5.72. The van der Waals surface area contributed by atoms with E-state index in [4.69, 9.17) is 23.2 Å². The minimum Gasteiger partial charge on any atom is -0.357 e. The van der Waals surface area contributed by atoms with E-state index < -0.39 is 46.1 Å². The van der Waals surface area contributed by atoms with Crippen LogP contribution in [0.1, 0.15) is 11.1 Å². The molecule has 0 aromatic heterocycles. The van der Waals surface area contributed by atoms with Gasteiger partial charge in [0.1, 0.15) is 12.6 Å². The highest BCUT2D eigenvalue weighted by molar-refractivity contribution is 7.92. The molecule has 3 aromatic carbocycles. The van der Waals surface area contributed by atoms with Crippen molar-refractivity contribution in [1.82, 2.24) is 10.2 Å². The molecule has 0 fully saturated rings. The number of amides is 2. The zero-order valence-electron chi connectivity index (χ0n) is 20.5. The SMILES string of the molecule is CNC(=O)[C@@H](Cc1ccccc1)N(Cc1ccc(Cl)c(Cl)c1)C(=O)CN(c1ccc(F)c(F)c1)S(C)(=O)=O. The summed E-state index contributed by atoms with van der Waals surface area (Å²) < 4.78 is 53.3. The van der Waals surface area contributed by atoms with Crippen molar-refractivity contribution in [3.05, 3.63) is 99.5 Å². The van der Waals surface area contributed by atoms with Crippen molar-refractivity contribution in [3.63, 3.8) is 0 Å². The molecule has 3 rings (SSSR count). The summed E-state index contributed by atoms with van der Waals surface area (Å²) in [5, 5.41) is 3.08. The van der Waals surface area contributed by atoms with Gasteiger partial charge in [-0.1, -0.05) is 59.6 Å². The molecule has 0 spiro atoms. The van der Waals surface area contributed by atoms with Gasteiger partial charge in [0.15, 0.2) is 11.6 Å². The molecule has 0 saturated carbocycles. The number of rotatable bonds is 10. The molecule has 202 valence electrons. The first-order valence-electron chi connectivity index (χ1n) is 11.3. The predicted octanol–water partition coefficient (Wildman–Crippen LogP) is 4.42. The van der Waals surface area contributed by atoms with Crippen LogP contribution in [0.15, 0.2) is 66.7 Å². The van der Waals surface area contributed by atoms with E-state index >= 15 is 0 Å². The molecule has 3 aromatic rings. The summed E-state index contributed by atoms with van der Waals surface area (Å²) in [4.78, 5) is 28.0. The third kappa shape index (κ3) is 7.43. The molecule has 0 radical (unpaired) electrons. The van der Waals surface area contributed by atoms with Crippen molar-refractivity contribution < 1.29 is 26.8 Å². The number of carbonyl (C=O) groups is 2. The number of carbonyl (C=O) groups excluding carboxylic acids is 2. The van der Waals surface area contributed by atoms with Gasteiger partial charge in [-0.05, 0) is 35.4 Å². The lowest BCUT2D eigenvalue weighted by molar-refractivity contribution is -0.139. The summed E-state index contributed by atoms with van der Waals surface area (Å²) in [5.41, 5.74) is 1.05. The number of sulfonamides is 1. The lowest BCUT2D eigenvalue weighted by Crippen LogP contribution is -2.52. The predicted molar refractivity (Wildman–Crippen MR) is 144 cm³/mol. The fourth-order valence-electron chi connectivity index (χ4n) is 3.81. The quantitative estimate of drug-likeness (QED) is 0.382. The van der Waals surface area contributed by atoms with Crippen LogP contribution in [0.5, 0.6) is 0 Å². The second-order valence-electron chi connectivity index (χ2n) is 8.46. The molecule has 0 unspecified atom stereocenters. The number of nitrogens with zero attached hydrogens (tertiary/aromatic N) is 2. The fourth-order valence-corrected chi connectivity index (χ4v) is 4.97. The minimum absolute atomic E-state index is 0.115. The first kappa shape index (κ1) is 29.3. The average molecular weight is 584 g/mol. The van der Waals surface area contributed by atoms with E-state index in [9.17, 15) is 26.8 Å². The van der Waals surface area contributed by atoms with E-state index in [0.717, 1.165) is 24.0 Å². The van der Waals surface area contributed by atoms with E-state index in [1.165, 1.54) is 24.1 Å². The number of hydrogen-bond donors (Lipinski definition) is 1. The summed E-state index contributed by atoms with van der Waals surface area (Å²) >= 11 is 12.2. The van der Waals surface area contributed by atoms with Crippen LogP contribution >= 0.6 is 23.2 Å². The van der Waals surface area contributed by atoms with E-state index in [1.807, 2.05) is 6.07 Å². The van der Waals surface area contributed by atoms with Crippen LogP contribution in [0, 0.1) is 11.6 Å². The standard InChI is InChI=1S/C26H25Cl2F2N3O4S/c1-31-26(35)24(13-17-6-4-3-5-7-17)32(15-18-8-10-20(27)21(28)12-18)25(34)16-33(38(2,36)37)19-9-11-22(29)23(30)14-19/h3-12,14,24H,13,15-16H2,1-2H3,(H,31,35)/t24-/m1/s1. The van der Waals surface area contributed by atoms with Crippen molar-refractivity contribution in [2.45, 2.75) is 19.0 Å². The molecular formula is C26H25Cl2F2N3O4S. The zero-order chi connectivity index (χ0) is 28.0. The van der Waals surface area contributed by atoms with Gasteiger partial charge in [0.05, 0.1) is 22.0 Å². The Kier molecular flexibility index (Phi) is 9.70. The summed E-state index contributed by atoms with van der Waals surface area (Å²) in [6, 6.07) is 15.1. The van der Waals surface area contributed by atoms with Gasteiger partial charge < -0.3 is 10.2 Å². The summed E-state index contributed by atoms with van der Waals surface area (Å²) in [5.74, 6) is -3.68. The van der Waals surface area contributed by atoms with Crippen LogP contribution in [0.3, 0.4) is 0 Å². The van der Waals surface area contributed by atoms with Gasteiger partial charge in [0, 0.05) is 26.1 Å². The van der Waals surface area contributed by atoms with Gasteiger partial charge in [-0.15, -0.1) is 0 Å². The number of nitrogens with one attached hydrogen (secondary N) is 1. The highest BCUT2D eigenvalue weighted by Crippen LogP contribution is 2.25. The Bertz CT molecular complexity index is 1430. The van der Waals surface area contributed by atoms with E-state index in [2.05, 4.69) is 5.32 Å². The molecule has 0 bridgehead atoms. The summed E-state index contributed by atoms with van der Waals surface area (Å²) in [7, 11) is -2.69. The van der Waals surface area contributed by atoms with E-state index in [0.29, 0.717) is 21.0 Å². The van der Waals surface area contributed by atoms with E-state index in [-0.39, 0.29) is 23.7 Å². The maximum Gasteiger partial charge on any atom is 0.244 e. The van der Waals surface area contributed by atoms with E-state index in [1.54, 1.807) is 30.3 Å². The van der Waals surface area contributed by atoms with Crippen LogP contribution < -0.4 is 9.62 Å². The molecule has 2 amide bonds. The molecule has 7 nitrogen and oxygen atoms in total. The first-order chi connectivity index (χ1) is 17.9. The fraction of sp³-hybridized carbons (Fsp3) is 0.231. The Labute approximate surface area is 230 Å². The molecule has 0 aliphatic rings. The topological polar surface area (TPSA) is 86.8 Å². The van der Waals surface area contributed by atoms with Crippen molar-refractivity contribution in [3.8, 4) is 0 Å². The molecular weight excluding hydrogens is 559 g/mol. The minimum atomic E-state index is -4.11. The van der Waals surface area contributed by atoms with Gasteiger partial charge >= 0.3 is 0 Å². The number of halogens is 4. The van der Waals surface area contributed by atoms with Crippen molar-refractivity contribution in [2.75, 3.05) is 24.2 Å². The Morgan fingerprint density at radius 3 is 2.18 bits per heavy atom. The number of likely N-dealkylation sites (N-methyl/N-ethyl adjacent to an activating group) is 1. The van der Waals surface area contributed by atoms with Gasteiger partial charge in [0.2, 0.25) is 21.8 Å². The Morgan fingerprint density at radius 1 is 0.921 bits per heavy atom. The maximum atomic E-state index is 13.9. The number of benzene rings is 3. The Morgan fingerprint density at radius 2 is 1.61 bits per heavy atom. The van der Waals surface area contributed by atoms with Gasteiger partial charge in [0.25, 0.3) is 0 Å². The molecule has 12 heteroatoms. The molecule has 0 heterocycles. The van der Waals surface area contributed by atoms with Crippen LogP contribution in [0.4, 0.5) is 14.5 Å². The number of anilines is 1. The Balaban J connectivity index is 2.05. The number of hydrogen-bond acceptors (Lipinski definition) is 4. The average Bonchev–Trinajstić information content (AvgIpc) is 2.87. The third-order valence-corrected chi connectivity index (χ3v) is 7.60. The highest BCUT2D eigenvalue weighted by atomic mass is 35.5. The lowest BCUT2D eigenvalue weighted by atomic mass is 10.0. The van der Waals surface area contributed by atoms with Gasteiger partial charge in [-0.25, -0.2) is 17.2 Å². The van der Waals surface area contributed by atoms with Crippen molar-refractivity contribution in [2.24, 2.45) is 0 Å². The molecule has 0 aliphatic carbocycles. The van der Waals surface area contributed by atoms with Crippen molar-refractivity contribution >= 4 is 50.7 Å². The second kappa shape index (κ2) is 12.6. The van der Waals surface area contributed by atoms with Crippen molar-refractivity contribution in [1.29, 1.82) is 0 Å². The highest BCUT2D eigenvalue weighted by Gasteiger charge is 2.33. The molecule has 1 atom stereocenters. The zero-order valence-corrected chi connectivity index (χ0v) is 22.8.